The highest BCUT2D eigenvalue weighted by molar-refractivity contribution is 9.10. The number of imide groups is 1. The highest BCUT2D eigenvalue weighted by Gasteiger charge is 2.15. The van der Waals surface area contributed by atoms with E-state index in [0.717, 1.165) is 12.1 Å². The highest BCUT2D eigenvalue weighted by atomic mass is 79.9. The van der Waals surface area contributed by atoms with Crippen molar-refractivity contribution in [2.75, 3.05) is 5.32 Å². The Kier molecular flexibility index (Phi) is 6.22. The number of hydrogen-bond donors (Lipinski definition) is 3. The van der Waals surface area contributed by atoms with Gasteiger partial charge in [-0.1, -0.05) is 15.9 Å². The number of urea groups is 1. The predicted octanol–water partition coefficient (Wildman–Crippen LogP) is 2.63. The van der Waals surface area contributed by atoms with E-state index >= 15 is 0 Å². The SMILES string of the molecule is O=C(O)CCCC(=O)NC(=O)Nc1c(F)cc(Br)cc1F. The van der Waals surface area contributed by atoms with Crippen LogP contribution in [0.15, 0.2) is 16.6 Å². The molecule has 1 aromatic rings. The summed E-state index contributed by atoms with van der Waals surface area (Å²) in [5.41, 5.74) is -0.686. The van der Waals surface area contributed by atoms with Crippen molar-refractivity contribution in [3.63, 3.8) is 0 Å². The zero-order valence-corrected chi connectivity index (χ0v) is 12.2. The van der Waals surface area contributed by atoms with Crippen LogP contribution in [-0.4, -0.2) is 23.0 Å². The molecule has 9 heteroatoms. The minimum Gasteiger partial charge on any atom is -0.481 e. The van der Waals surface area contributed by atoms with Crippen molar-refractivity contribution < 1.29 is 28.3 Å². The summed E-state index contributed by atoms with van der Waals surface area (Å²) in [6.45, 7) is 0. The number of rotatable bonds is 5. The number of halogens is 3. The average Bonchev–Trinajstić information content (AvgIpc) is 2.33. The molecular weight excluding hydrogens is 354 g/mol. The lowest BCUT2D eigenvalue weighted by Crippen LogP contribution is -2.34. The molecule has 0 aliphatic rings. The molecule has 0 atom stereocenters. The molecule has 21 heavy (non-hydrogen) atoms. The maximum absolute atomic E-state index is 13.4. The van der Waals surface area contributed by atoms with Gasteiger partial charge in [0.05, 0.1) is 0 Å². The van der Waals surface area contributed by atoms with Gasteiger partial charge in [-0.2, -0.15) is 0 Å². The van der Waals surface area contributed by atoms with Gasteiger partial charge in [0.2, 0.25) is 5.91 Å². The van der Waals surface area contributed by atoms with Gasteiger partial charge in [0.1, 0.15) is 5.69 Å². The molecule has 0 saturated heterocycles. The number of carbonyl (C=O) groups is 3. The number of carboxylic acids is 1. The Hall–Kier alpha value is -2.03. The van der Waals surface area contributed by atoms with Gasteiger partial charge in [0.25, 0.3) is 0 Å². The normalized spacial score (nSPS) is 10.0. The van der Waals surface area contributed by atoms with E-state index in [4.69, 9.17) is 5.11 Å². The largest absolute Gasteiger partial charge is 0.481 e. The third-order valence-electron chi connectivity index (χ3n) is 2.29. The molecule has 6 nitrogen and oxygen atoms in total. The van der Waals surface area contributed by atoms with Gasteiger partial charge in [-0.15, -0.1) is 0 Å². The molecule has 0 unspecified atom stereocenters. The Bertz CT molecular complexity index is 557. The van der Waals surface area contributed by atoms with E-state index in [1.807, 2.05) is 10.6 Å². The van der Waals surface area contributed by atoms with Crippen LogP contribution in [0.5, 0.6) is 0 Å². The smallest absolute Gasteiger partial charge is 0.326 e. The van der Waals surface area contributed by atoms with Gasteiger partial charge < -0.3 is 10.4 Å². The lowest BCUT2D eigenvalue weighted by molar-refractivity contribution is -0.137. The Morgan fingerprint density at radius 2 is 1.71 bits per heavy atom. The lowest BCUT2D eigenvalue weighted by Gasteiger charge is -2.08. The minimum absolute atomic E-state index is 0.0510. The summed E-state index contributed by atoms with van der Waals surface area (Å²) in [7, 11) is 0. The summed E-state index contributed by atoms with van der Waals surface area (Å²) in [5.74, 6) is -3.82. The molecule has 3 amide bonds. The second kappa shape index (κ2) is 7.67. The molecule has 0 aliphatic carbocycles. The first kappa shape index (κ1) is 17.0. The van der Waals surface area contributed by atoms with Crippen LogP contribution in [0.1, 0.15) is 19.3 Å². The molecule has 0 bridgehead atoms. The van der Waals surface area contributed by atoms with Gasteiger partial charge in [-0.3, -0.25) is 14.9 Å². The number of anilines is 1. The molecule has 0 spiro atoms. The fourth-order valence-electron chi connectivity index (χ4n) is 1.40. The summed E-state index contributed by atoms with van der Waals surface area (Å²) in [5, 5.41) is 12.1. The molecule has 0 radical (unpaired) electrons. The Morgan fingerprint density at radius 1 is 1.14 bits per heavy atom. The molecule has 0 saturated carbocycles. The third-order valence-corrected chi connectivity index (χ3v) is 2.75. The maximum atomic E-state index is 13.4. The molecule has 1 aromatic carbocycles. The van der Waals surface area contributed by atoms with E-state index in [-0.39, 0.29) is 23.7 Å². The average molecular weight is 365 g/mol. The number of benzene rings is 1. The van der Waals surface area contributed by atoms with Crippen molar-refractivity contribution in [2.45, 2.75) is 19.3 Å². The van der Waals surface area contributed by atoms with E-state index in [0.29, 0.717) is 0 Å². The second-order valence-corrected chi connectivity index (χ2v) is 4.91. The first-order valence-corrected chi connectivity index (χ1v) is 6.56. The summed E-state index contributed by atoms with van der Waals surface area (Å²) >= 11 is 2.88. The molecular formula is C12H11BrF2N2O4. The summed E-state index contributed by atoms with van der Waals surface area (Å²) in [4.78, 5) is 32.9. The van der Waals surface area contributed by atoms with Crippen LogP contribution >= 0.6 is 15.9 Å². The van der Waals surface area contributed by atoms with Crippen molar-refractivity contribution in [1.82, 2.24) is 5.32 Å². The number of aliphatic carboxylic acids is 1. The quantitative estimate of drug-likeness (QED) is 0.748. The summed E-state index contributed by atoms with van der Waals surface area (Å²) in [6, 6.07) is 0.802. The molecule has 0 heterocycles. The zero-order chi connectivity index (χ0) is 16.0. The first-order valence-electron chi connectivity index (χ1n) is 5.76. The Balaban J connectivity index is 2.54. The number of carboxylic acid groups (broad SMARTS) is 1. The van der Waals surface area contributed by atoms with Gasteiger partial charge in [-0.05, 0) is 18.6 Å². The van der Waals surface area contributed by atoms with Crippen LogP contribution in [-0.2, 0) is 9.59 Å². The molecule has 0 aromatic heterocycles. The van der Waals surface area contributed by atoms with Crippen LogP contribution in [0.25, 0.3) is 0 Å². The standard InChI is InChI=1S/C12H11BrF2N2O4/c13-6-4-7(14)11(8(15)5-6)17-12(21)16-9(18)2-1-3-10(19)20/h4-5H,1-3H2,(H,19,20)(H2,16,17,18,21). The van der Waals surface area contributed by atoms with Crippen molar-refractivity contribution in [3.05, 3.63) is 28.2 Å². The van der Waals surface area contributed by atoms with E-state index in [9.17, 15) is 23.2 Å². The molecule has 3 N–H and O–H groups in total. The van der Waals surface area contributed by atoms with E-state index < -0.39 is 35.2 Å². The van der Waals surface area contributed by atoms with Crippen molar-refractivity contribution >= 4 is 39.5 Å². The van der Waals surface area contributed by atoms with Gasteiger partial charge in [-0.25, -0.2) is 13.6 Å². The lowest BCUT2D eigenvalue weighted by atomic mass is 10.2. The second-order valence-electron chi connectivity index (χ2n) is 3.99. The zero-order valence-electron chi connectivity index (χ0n) is 10.6. The summed E-state index contributed by atoms with van der Waals surface area (Å²) < 4.78 is 27.0. The molecule has 0 aliphatic heterocycles. The van der Waals surface area contributed by atoms with Gasteiger partial charge in [0, 0.05) is 17.3 Å². The monoisotopic (exact) mass is 364 g/mol. The number of amides is 3. The van der Waals surface area contributed by atoms with E-state index in [1.165, 1.54) is 0 Å². The molecule has 0 fully saturated rings. The van der Waals surface area contributed by atoms with Crippen LogP contribution in [0.2, 0.25) is 0 Å². The van der Waals surface area contributed by atoms with Crippen molar-refractivity contribution in [3.8, 4) is 0 Å². The topological polar surface area (TPSA) is 95.5 Å². The minimum atomic E-state index is -1.10. The number of nitrogens with one attached hydrogen (secondary N) is 2. The first-order chi connectivity index (χ1) is 9.79. The van der Waals surface area contributed by atoms with Crippen LogP contribution < -0.4 is 10.6 Å². The Labute approximate surface area is 126 Å². The predicted molar refractivity (Wildman–Crippen MR) is 72.7 cm³/mol. The fourth-order valence-corrected chi connectivity index (χ4v) is 1.80. The highest BCUT2D eigenvalue weighted by Crippen LogP contribution is 2.23. The molecule has 114 valence electrons. The molecule has 1 rings (SSSR count). The third kappa shape index (κ3) is 5.86. The van der Waals surface area contributed by atoms with Gasteiger partial charge >= 0.3 is 12.0 Å². The number of hydrogen-bond acceptors (Lipinski definition) is 3. The fraction of sp³-hybridized carbons (Fsp3) is 0.250. The van der Waals surface area contributed by atoms with Gasteiger partial charge in [0.15, 0.2) is 11.6 Å². The summed E-state index contributed by atoms with van der Waals surface area (Å²) in [6.07, 6.45) is -0.356. The van der Waals surface area contributed by atoms with E-state index in [2.05, 4.69) is 15.9 Å². The van der Waals surface area contributed by atoms with Crippen LogP contribution in [0.3, 0.4) is 0 Å². The number of carbonyl (C=O) groups excluding carboxylic acids is 2. The van der Waals surface area contributed by atoms with Crippen molar-refractivity contribution in [2.24, 2.45) is 0 Å². The Morgan fingerprint density at radius 3 is 2.24 bits per heavy atom. The van der Waals surface area contributed by atoms with Crippen molar-refractivity contribution in [1.29, 1.82) is 0 Å². The van der Waals surface area contributed by atoms with Crippen LogP contribution in [0, 0.1) is 11.6 Å². The van der Waals surface area contributed by atoms with Crippen LogP contribution in [0.4, 0.5) is 19.3 Å². The maximum Gasteiger partial charge on any atom is 0.326 e. The van der Waals surface area contributed by atoms with E-state index in [1.54, 1.807) is 0 Å².